The van der Waals surface area contributed by atoms with Crippen LogP contribution in [0.25, 0.3) is 10.4 Å². The summed E-state index contributed by atoms with van der Waals surface area (Å²) in [6, 6.07) is 0. The standard InChI is InChI=1S/C4H8N4/c1-4(2-5)3-7-8-6/h2,4-5H,3H2,1H3. The van der Waals surface area contributed by atoms with E-state index in [1.165, 1.54) is 6.21 Å². The predicted octanol–water partition coefficient (Wildman–Crippen LogP) is 1.58. The van der Waals surface area contributed by atoms with Crippen molar-refractivity contribution in [2.75, 3.05) is 6.54 Å². The summed E-state index contributed by atoms with van der Waals surface area (Å²) in [5.41, 5.74) is 7.79. The lowest BCUT2D eigenvalue weighted by molar-refractivity contribution is 0.790. The van der Waals surface area contributed by atoms with Gasteiger partial charge in [-0.3, -0.25) is 0 Å². The van der Waals surface area contributed by atoms with Crippen LogP contribution in [-0.2, 0) is 0 Å². The molecule has 0 aromatic heterocycles. The van der Waals surface area contributed by atoms with Crippen molar-refractivity contribution in [2.24, 2.45) is 11.0 Å². The van der Waals surface area contributed by atoms with Crippen LogP contribution < -0.4 is 0 Å². The molecule has 0 amide bonds. The van der Waals surface area contributed by atoms with E-state index in [1.807, 2.05) is 6.92 Å². The molecule has 8 heavy (non-hydrogen) atoms. The molecule has 0 spiro atoms. The Balaban J connectivity index is 3.38. The molecule has 0 saturated carbocycles. The average Bonchev–Trinajstić information content (AvgIpc) is 1.83. The SMILES string of the molecule is CC(C=N)CN=[N+]=[N-]. The highest BCUT2D eigenvalue weighted by Crippen LogP contribution is 1.88. The van der Waals surface area contributed by atoms with Crippen molar-refractivity contribution in [3.05, 3.63) is 10.4 Å². The molecule has 0 aromatic rings. The predicted molar refractivity (Wildman–Crippen MR) is 32.0 cm³/mol. The molecule has 0 rings (SSSR count). The second-order valence-electron chi connectivity index (χ2n) is 1.56. The molecule has 0 aliphatic heterocycles. The minimum absolute atomic E-state index is 0.0749. The van der Waals surface area contributed by atoms with Crippen molar-refractivity contribution in [3.63, 3.8) is 0 Å². The van der Waals surface area contributed by atoms with Gasteiger partial charge in [-0.15, -0.1) is 0 Å². The monoisotopic (exact) mass is 112 g/mol. The van der Waals surface area contributed by atoms with Gasteiger partial charge in [0.2, 0.25) is 0 Å². The summed E-state index contributed by atoms with van der Waals surface area (Å²) < 4.78 is 0. The molecule has 0 bridgehead atoms. The van der Waals surface area contributed by atoms with Crippen LogP contribution in [-0.4, -0.2) is 12.8 Å². The van der Waals surface area contributed by atoms with Gasteiger partial charge in [-0.2, -0.15) is 0 Å². The molecule has 0 radical (unpaired) electrons. The highest BCUT2D eigenvalue weighted by atomic mass is 15.1. The molecule has 0 aliphatic rings. The smallest absolute Gasteiger partial charge is 0.0332 e. The fourth-order valence-corrected chi connectivity index (χ4v) is 0.218. The largest absolute Gasteiger partial charge is 0.313 e. The Labute approximate surface area is 47.7 Å². The molecule has 0 saturated heterocycles. The van der Waals surface area contributed by atoms with Crippen molar-refractivity contribution < 1.29 is 0 Å². The lowest BCUT2D eigenvalue weighted by Crippen LogP contribution is -1.97. The summed E-state index contributed by atoms with van der Waals surface area (Å²) in [5, 5.41) is 9.95. The summed E-state index contributed by atoms with van der Waals surface area (Å²) in [5.74, 6) is 0.0749. The summed E-state index contributed by atoms with van der Waals surface area (Å²) in [7, 11) is 0. The Morgan fingerprint density at radius 3 is 3.00 bits per heavy atom. The van der Waals surface area contributed by atoms with E-state index >= 15 is 0 Å². The molecule has 1 atom stereocenters. The highest BCUT2D eigenvalue weighted by molar-refractivity contribution is 5.56. The molecule has 1 N–H and O–H groups in total. The minimum atomic E-state index is 0.0749. The van der Waals surface area contributed by atoms with Crippen LogP contribution in [0.3, 0.4) is 0 Å². The minimum Gasteiger partial charge on any atom is -0.313 e. The first-order valence-corrected chi connectivity index (χ1v) is 2.32. The average molecular weight is 112 g/mol. The maximum atomic E-state index is 7.79. The molecule has 4 heteroatoms. The number of hydrogen-bond acceptors (Lipinski definition) is 2. The molecule has 44 valence electrons. The first kappa shape index (κ1) is 6.98. The van der Waals surface area contributed by atoms with E-state index < -0.39 is 0 Å². The van der Waals surface area contributed by atoms with Crippen LogP contribution in [0.1, 0.15) is 6.92 Å². The zero-order valence-electron chi connectivity index (χ0n) is 4.70. The number of azide groups is 1. The normalized spacial score (nSPS) is 11.6. The van der Waals surface area contributed by atoms with Gasteiger partial charge in [0.15, 0.2) is 0 Å². The third kappa shape index (κ3) is 3.18. The van der Waals surface area contributed by atoms with E-state index in [2.05, 4.69) is 10.0 Å². The number of nitrogens with zero attached hydrogens (tertiary/aromatic N) is 3. The number of hydrogen-bond donors (Lipinski definition) is 1. The van der Waals surface area contributed by atoms with Gasteiger partial charge in [0.05, 0.1) is 0 Å². The number of rotatable bonds is 3. The number of nitrogens with one attached hydrogen (secondary N) is 1. The molecule has 1 unspecified atom stereocenters. The van der Waals surface area contributed by atoms with E-state index in [-0.39, 0.29) is 5.92 Å². The summed E-state index contributed by atoms with van der Waals surface area (Å²) >= 11 is 0. The van der Waals surface area contributed by atoms with Crippen LogP contribution in [0.5, 0.6) is 0 Å². The summed E-state index contributed by atoms with van der Waals surface area (Å²) in [6.07, 6.45) is 1.26. The van der Waals surface area contributed by atoms with Crippen molar-refractivity contribution in [1.82, 2.24) is 0 Å². The fraction of sp³-hybridized carbons (Fsp3) is 0.750. The third-order valence-corrected chi connectivity index (χ3v) is 0.717. The van der Waals surface area contributed by atoms with Crippen molar-refractivity contribution in [2.45, 2.75) is 6.92 Å². The van der Waals surface area contributed by atoms with E-state index in [9.17, 15) is 0 Å². The maximum Gasteiger partial charge on any atom is 0.0332 e. The van der Waals surface area contributed by atoms with E-state index in [1.54, 1.807) is 0 Å². The second kappa shape index (κ2) is 4.15. The lowest BCUT2D eigenvalue weighted by Gasteiger charge is -1.92. The first-order valence-electron chi connectivity index (χ1n) is 2.32. The van der Waals surface area contributed by atoms with Crippen LogP contribution in [0.15, 0.2) is 5.11 Å². The molecule has 0 aromatic carbocycles. The second-order valence-corrected chi connectivity index (χ2v) is 1.56. The quantitative estimate of drug-likeness (QED) is 0.249. The first-order chi connectivity index (χ1) is 3.81. The van der Waals surface area contributed by atoms with E-state index in [4.69, 9.17) is 10.9 Å². The van der Waals surface area contributed by atoms with Crippen LogP contribution in [0, 0.1) is 11.3 Å². The van der Waals surface area contributed by atoms with Gasteiger partial charge in [-0.1, -0.05) is 12.0 Å². The lowest BCUT2D eigenvalue weighted by atomic mass is 10.2. The molecule has 0 heterocycles. The molecule has 0 fully saturated rings. The maximum absolute atomic E-state index is 7.79. The van der Waals surface area contributed by atoms with Crippen molar-refractivity contribution in [1.29, 1.82) is 5.41 Å². The van der Waals surface area contributed by atoms with Crippen LogP contribution >= 0.6 is 0 Å². The van der Waals surface area contributed by atoms with Gasteiger partial charge >= 0.3 is 0 Å². The Morgan fingerprint density at radius 1 is 2.00 bits per heavy atom. The van der Waals surface area contributed by atoms with Gasteiger partial charge in [-0.25, -0.2) is 0 Å². The van der Waals surface area contributed by atoms with Gasteiger partial charge in [0.25, 0.3) is 0 Å². The zero-order valence-corrected chi connectivity index (χ0v) is 4.70. The summed E-state index contributed by atoms with van der Waals surface area (Å²) in [4.78, 5) is 2.55. The fourth-order valence-electron chi connectivity index (χ4n) is 0.218. The van der Waals surface area contributed by atoms with Crippen LogP contribution in [0.2, 0.25) is 0 Å². The Bertz CT molecular complexity index is 113. The topological polar surface area (TPSA) is 72.6 Å². The van der Waals surface area contributed by atoms with Crippen LogP contribution in [0.4, 0.5) is 0 Å². The Kier molecular flexibility index (Phi) is 3.62. The van der Waals surface area contributed by atoms with Gasteiger partial charge in [-0.05, 0) is 17.7 Å². The molecule has 0 aliphatic carbocycles. The van der Waals surface area contributed by atoms with Gasteiger partial charge in [0, 0.05) is 11.5 Å². The van der Waals surface area contributed by atoms with Crippen molar-refractivity contribution >= 4 is 6.21 Å². The Hall–Kier alpha value is -1.02. The molecule has 4 nitrogen and oxygen atoms in total. The van der Waals surface area contributed by atoms with Gasteiger partial charge < -0.3 is 5.41 Å². The van der Waals surface area contributed by atoms with E-state index in [0.717, 1.165) is 0 Å². The molecular weight excluding hydrogens is 104 g/mol. The third-order valence-electron chi connectivity index (χ3n) is 0.717. The zero-order chi connectivity index (χ0) is 6.41. The van der Waals surface area contributed by atoms with Crippen molar-refractivity contribution in [3.8, 4) is 0 Å². The molecular formula is C4H8N4. The van der Waals surface area contributed by atoms with E-state index in [0.29, 0.717) is 6.54 Å². The highest BCUT2D eigenvalue weighted by Gasteiger charge is 1.90. The Morgan fingerprint density at radius 2 is 2.62 bits per heavy atom. The van der Waals surface area contributed by atoms with Gasteiger partial charge in [0.1, 0.15) is 0 Å². The summed E-state index contributed by atoms with van der Waals surface area (Å²) in [6.45, 7) is 2.21.